The van der Waals surface area contributed by atoms with Gasteiger partial charge in [0.15, 0.2) is 0 Å². The number of carbonyl (C=O) groups excluding carboxylic acids is 1. The number of aromatic nitrogens is 2. The summed E-state index contributed by atoms with van der Waals surface area (Å²) in [6, 6.07) is -0.229. The SMILES string of the molecule is Cc1nc(Cl)c(C)c(NC2CCCNC2=O)n1. The third-order valence-electron chi connectivity index (χ3n) is 2.79. The lowest BCUT2D eigenvalue weighted by Gasteiger charge is -2.24. The first-order chi connectivity index (χ1) is 8.08. The van der Waals surface area contributed by atoms with Crippen LogP contribution in [0.1, 0.15) is 24.2 Å². The molecule has 1 aliphatic rings. The first-order valence-electron chi connectivity index (χ1n) is 5.63. The molecule has 6 heteroatoms. The summed E-state index contributed by atoms with van der Waals surface area (Å²) >= 11 is 5.98. The van der Waals surface area contributed by atoms with Crippen molar-refractivity contribution in [2.75, 3.05) is 11.9 Å². The van der Waals surface area contributed by atoms with Gasteiger partial charge in [-0.3, -0.25) is 4.79 Å². The Morgan fingerprint density at radius 2 is 2.18 bits per heavy atom. The largest absolute Gasteiger partial charge is 0.358 e. The normalized spacial score (nSPS) is 19.9. The van der Waals surface area contributed by atoms with Gasteiger partial charge in [0.05, 0.1) is 0 Å². The van der Waals surface area contributed by atoms with Gasteiger partial charge in [0.2, 0.25) is 5.91 Å². The van der Waals surface area contributed by atoms with Crippen molar-refractivity contribution in [2.45, 2.75) is 32.7 Å². The van der Waals surface area contributed by atoms with Gasteiger partial charge in [-0.05, 0) is 26.7 Å². The van der Waals surface area contributed by atoms with Crippen LogP contribution in [0.15, 0.2) is 0 Å². The summed E-state index contributed by atoms with van der Waals surface area (Å²) in [5.41, 5.74) is 0.774. The summed E-state index contributed by atoms with van der Waals surface area (Å²) in [6.45, 7) is 4.36. The van der Waals surface area contributed by atoms with Crippen LogP contribution in [-0.2, 0) is 4.79 Å². The number of hydrogen-bond acceptors (Lipinski definition) is 4. The van der Waals surface area contributed by atoms with Crippen molar-refractivity contribution in [1.29, 1.82) is 0 Å². The zero-order valence-electron chi connectivity index (χ0n) is 9.88. The predicted octanol–water partition coefficient (Wildman–Crippen LogP) is 1.44. The van der Waals surface area contributed by atoms with Gasteiger partial charge in [-0.25, -0.2) is 9.97 Å². The van der Waals surface area contributed by atoms with E-state index < -0.39 is 0 Å². The molecule has 17 heavy (non-hydrogen) atoms. The van der Waals surface area contributed by atoms with E-state index in [0.717, 1.165) is 24.9 Å². The van der Waals surface area contributed by atoms with Crippen LogP contribution < -0.4 is 10.6 Å². The number of carbonyl (C=O) groups is 1. The third kappa shape index (κ3) is 2.66. The van der Waals surface area contributed by atoms with Crippen molar-refractivity contribution < 1.29 is 4.79 Å². The summed E-state index contributed by atoms with van der Waals surface area (Å²) in [6.07, 6.45) is 1.78. The van der Waals surface area contributed by atoms with Crippen molar-refractivity contribution in [1.82, 2.24) is 15.3 Å². The highest BCUT2D eigenvalue weighted by molar-refractivity contribution is 6.30. The lowest BCUT2D eigenvalue weighted by Crippen LogP contribution is -2.44. The third-order valence-corrected chi connectivity index (χ3v) is 3.16. The van der Waals surface area contributed by atoms with Gasteiger partial charge in [0, 0.05) is 12.1 Å². The molecule has 0 bridgehead atoms. The summed E-state index contributed by atoms with van der Waals surface area (Å²) in [5.74, 6) is 1.26. The van der Waals surface area contributed by atoms with Crippen LogP contribution in [0.25, 0.3) is 0 Å². The molecule has 0 aliphatic carbocycles. The van der Waals surface area contributed by atoms with E-state index in [9.17, 15) is 4.79 Å². The van der Waals surface area contributed by atoms with Gasteiger partial charge >= 0.3 is 0 Å². The number of halogens is 1. The number of nitrogens with one attached hydrogen (secondary N) is 2. The molecule has 5 nitrogen and oxygen atoms in total. The second-order valence-corrected chi connectivity index (χ2v) is 4.52. The van der Waals surface area contributed by atoms with Crippen LogP contribution in [0.2, 0.25) is 5.15 Å². The lowest BCUT2D eigenvalue weighted by molar-refractivity contribution is -0.123. The standard InChI is InChI=1S/C11H15ClN4O/c1-6-9(12)14-7(2)15-10(6)16-8-4-3-5-13-11(8)17/h8H,3-5H2,1-2H3,(H,13,17)(H,14,15,16). The molecule has 1 aromatic heterocycles. The van der Waals surface area contributed by atoms with Gasteiger partial charge in [0.25, 0.3) is 0 Å². The number of aryl methyl sites for hydroxylation is 1. The molecule has 0 saturated carbocycles. The minimum atomic E-state index is -0.229. The van der Waals surface area contributed by atoms with Crippen LogP contribution in [0.4, 0.5) is 5.82 Å². The molecule has 0 spiro atoms. The first-order valence-corrected chi connectivity index (χ1v) is 6.00. The van der Waals surface area contributed by atoms with Crippen molar-refractivity contribution in [3.63, 3.8) is 0 Å². The zero-order chi connectivity index (χ0) is 12.4. The van der Waals surface area contributed by atoms with E-state index in [2.05, 4.69) is 20.6 Å². The Hall–Kier alpha value is -1.36. The number of rotatable bonds is 2. The minimum Gasteiger partial charge on any atom is -0.358 e. The van der Waals surface area contributed by atoms with E-state index in [-0.39, 0.29) is 11.9 Å². The fourth-order valence-electron chi connectivity index (χ4n) is 1.81. The topological polar surface area (TPSA) is 66.9 Å². The van der Waals surface area contributed by atoms with Gasteiger partial charge < -0.3 is 10.6 Å². The molecule has 1 amide bonds. The highest BCUT2D eigenvalue weighted by atomic mass is 35.5. The maximum absolute atomic E-state index is 11.6. The first kappa shape index (κ1) is 12.1. The molecule has 0 aromatic carbocycles. The number of anilines is 1. The molecule has 2 N–H and O–H groups in total. The lowest BCUT2D eigenvalue weighted by atomic mass is 10.1. The number of amides is 1. The number of hydrogen-bond donors (Lipinski definition) is 2. The second-order valence-electron chi connectivity index (χ2n) is 4.17. The quantitative estimate of drug-likeness (QED) is 0.784. The molecule has 1 aromatic rings. The molecule has 2 rings (SSSR count). The molecule has 1 saturated heterocycles. The maximum atomic E-state index is 11.6. The van der Waals surface area contributed by atoms with Gasteiger partial charge in [0.1, 0.15) is 22.8 Å². The van der Waals surface area contributed by atoms with Gasteiger partial charge in [-0.15, -0.1) is 0 Å². The van der Waals surface area contributed by atoms with E-state index in [1.54, 1.807) is 6.92 Å². The van der Waals surface area contributed by atoms with Gasteiger partial charge in [-0.1, -0.05) is 11.6 Å². The van der Waals surface area contributed by atoms with E-state index in [0.29, 0.717) is 16.8 Å². The summed E-state index contributed by atoms with van der Waals surface area (Å²) in [5, 5.41) is 6.38. The monoisotopic (exact) mass is 254 g/mol. The number of nitrogens with zero attached hydrogens (tertiary/aromatic N) is 2. The fourth-order valence-corrected chi connectivity index (χ4v) is 2.02. The Bertz CT molecular complexity index is 449. The molecule has 0 radical (unpaired) electrons. The molecule has 1 atom stereocenters. The zero-order valence-corrected chi connectivity index (χ0v) is 10.6. The highest BCUT2D eigenvalue weighted by Gasteiger charge is 2.23. The minimum absolute atomic E-state index is 0.0167. The number of piperidine rings is 1. The van der Waals surface area contributed by atoms with E-state index in [1.165, 1.54) is 0 Å². The molecule has 1 aliphatic heterocycles. The fraction of sp³-hybridized carbons (Fsp3) is 0.545. The molecular formula is C11H15ClN4O. The van der Waals surface area contributed by atoms with Crippen LogP contribution in [-0.4, -0.2) is 28.5 Å². The van der Waals surface area contributed by atoms with Crippen LogP contribution >= 0.6 is 11.6 Å². The van der Waals surface area contributed by atoms with E-state index in [4.69, 9.17) is 11.6 Å². The Morgan fingerprint density at radius 3 is 2.88 bits per heavy atom. The Labute approximate surface area is 105 Å². The Morgan fingerprint density at radius 1 is 1.41 bits per heavy atom. The van der Waals surface area contributed by atoms with Gasteiger partial charge in [-0.2, -0.15) is 0 Å². The maximum Gasteiger partial charge on any atom is 0.242 e. The van der Waals surface area contributed by atoms with Crippen molar-refractivity contribution in [2.24, 2.45) is 0 Å². The molecule has 1 unspecified atom stereocenters. The van der Waals surface area contributed by atoms with E-state index in [1.807, 2.05) is 6.92 Å². The van der Waals surface area contributed by atoms with Crippen molar-refractivity contribution in [3.05, 3.63) is 16.5 Å². The summed E-state index contributed by atoms with van der Waals surface area (Å²) < 4.78 is 0. The summed E-state index contributed by atoms with van der Waals surface area (Å²) in [7, 11) is 0. The highest BCUT2D eigenvalue weighted by Crippen LogP contribution is 2.21. The smallest absolute Gasteiger partial charge is 0.242 e. The Kier molecular flexibility index (Phi) is 3.47. The van der Waals surface area contributed by atoms with Crippen molar-refractivity contribution in [3.8, 4) is 0 Å². The predicted molar refractivity (Wildman–Crippen MR) is 66.2 cm³/mol. The summed E-state index contributed by atoms with van der Waals surface area (Å²) in [4.78, 5) is 20.0. The van der Waals surface area contributed by atoms with Crippen LogP contribution in [0.3, 0.4) is 0 Å². The van der Waals surface area contributed by atoms with E-state index >= 15 is 0 Å². The second kappa shape index (κ2) is 4.87. The van der Waals surface area contributed by atoms with Crippen LogP contribution in [0.5, 0.6) is 0 Å². The Balaban J connectivity index is 2.20. The van der Waals surface area contributed by atoms with Crippen molar-refractivity contribution >= 4 is 23.3 Å². The average Bonchev–Trinajstić information content (AvgIpc) is 2.28. The molecule has 1 fully saturated rings. The molecule has 92 valence electrons. The van der Waals surface area contributed by atoms with Crippen LogP contribution in [0, 0.1) is 13.8 Å². The average molecular weight is 255 g/mol. The molecule has 2 heterocycles. The molecular weight excluding hydrogens is 240 g/mol.